The Balaban J connectivity index is 1.65. The number of fused-ring (bicyclic) bond motifs is 3. The molecule has 0 amide bonds. The Kier molecular flexibility index (Phi) is 6.00. The summed E-state index contributed by atoms with van der Waals surface area (Å²) in [5.41, 5.74) is 0.330. The first kappa shape index (κ1) is 23.9. The largest absolute Gasteiger partial charge is 0.476 e. The normalized spacial score (nSPS) is 16.1. The first-order chi connectivity index (χ1) is 17.9. The molecule has 0 fully saturated rings. The average Bonchev–Trinajstić information content (AvgIpc) is 3.57. The first-order valence-corrected chi connectivity index (χ1v) is 11.1. The van der Waals surface area contributed by atoms with Gasteiger partial charge in [0.2, 0.25) is 6.10 Å². The molecule has 3 heterocycles. The van der Waals surface area contributed by atoms with E-state index in [2.05, 4.69) is 0 Å². The van der Waals surface area contributed by atoms with Gasteiger partial charge in [-0.3, -0.25) is 0 Å². The van der Waals surface area contributed by atoms with Crippen molar-refractivity contribution < 1.29 is 42.2 Å². The molecule has 2 aromatic heterocycles. The summed E-state index contributed by atoms with van der Waals surface area (Å²) >= 11 is 0. The van der Waals surface area contributed by atoms with Gasteiger partial charge in [0.1, 0.15) is 28.8 Å². The lowest BCUT2D eigenvalue weighted by Gasteiger charge is -2.14. The molecule has 0 bridgehead atoms. The number of hydrogen-bond donors (Lipinski definition) is 0. The number of carbonyl (C=O) groups is 3. The van der Waals surface area contributed by atoms with Gasteiger partial charge in [-0.25, -0.2) is 19.2 Å². The number of esters is 3. The molecule has 37 heavy (non-hydrogen) atoms. The lowest BCUT2D eigenvalue weighted by atomic mass is 9.93. The molecular formula is C27H20O10. The van der Waals surface area contributed by atoms with Gasteiger partial charge in [0.15, 0.2) is 0 Å². The number of rotatable bonds is 5. The monoisotopic (exact) mass is 504 g/mol. The highest BCUT2D eigenvalue weighted by Gasteiger charge is 2.46. The Morgan fingerprint density at radius 2 is 1.49 bits per heavy atom. The van der Waals surface area contributed by atoms with Crippen LogP contribution in [0.5, 0.6) is 5.75 Å². The minimum Gasteiger partial charge on any atom is -0.476 e. The molecule has 0 saturated heterocycles. The molecule has 0 saturated carbocycles. The maximum atomic E-state index is 13.0. The van der Waals surface area contributed by atoms with Gasteiger partial charge < -0.3 is 27.8 Å². The van der Waals surface area contributed by atoms with E-state index in [1.807, 2.05) is 0 Å². The zero-order valence-electron chi connectivity index (χ0n) is 19.9. The summed E-state index contributed by atoms with van der Waals surface area (Å²) in [6.45, 7) is 0. The molecule has 0 radical (unpaired) electrons. The van der Waals surface area contributed by atoms with E-state index in [-0.39, 0.29) is 34.0 Å². The summed E-state index contributed by atoms with van der Waals surface area (Å²) in [4.78, 5) is 50.1. The maximum Gasteiger partial charge on any atom is 0.348 e. The van der Waals surface area contributed by atoms with Gasteiger partial charge >= 0.3 is 23.5 Å². The summed E-state index contributed by atoms with van der Waals surface area (Å²) in [6, 6.07) is 14.3. The van der Waals surface area contributed by atoms with Gasteiger partial charge in [-0.05, 0) is 42.5 Å². The third kappa shape index (κ3) is 4.02. The number of benzene rings is 2. The predicted octanol–water partition coefficient (Wildman–Crippen LogP) is 3.69. The van der Waals surface area contributed by atoms with E-state index in [9.17, 15) is 19.2 Å². The molecule has 0 spiro atoms. The second-order valence-electron chi connectivity index (χ2n) is 8.15. The van der Waals surface area contributed by atoms with Crippen molar-refractivity contribution in [1.29, 1.82) is 0 Å². The minimum absolute atomic E-state index is 0.104. The molecule has 1 aliphatic heterocycles. The second kappa shape index (κ2) is 9.30. The van der Waals surface area contributed by atoms with Crippen LogP contribution in [-0.4, -0.2) is 45.3 Å². The Hall–Kier alpha value is -4.86. The van der Waals surface area contributed by atoms with E-state index in [4.69, 9.17) is 27.8 Å². The Bertz CT molecular complexity index is 1570. The van der Waals surface area contributed by atoms with E-state index >= 15 is 0 Å². The van der Waals surface area contributed by atoms with E-state index in [0.717, 1.165) is 0 Å². The first-order valence-electron chi connectivity index (χ1n) is 11.1. The number of para-hydroxylation sites is 1. The van der Waals surface area contributed by atoms with Crippen molar-refractivity contribution >= 4 is 28.9 Å². The number of ether oxygens (including phenoxy) is 4. The molecule has 10 nitrogen and oxygen atoms in total. The van der Waals surface area contributed by atoms with Crippen LogP contribution in [0.3, 0.4) is 0 Å². The van der Waals surface area contributed by atoms with Gasteiger partial charge in [0.25, 0.3) is 0 Å². The van der Waals surface area contributed by atoms with Crippen LogP contribution in [0, 0.1) is 0 Å². The van der Waals surface area contributed by atoms with Gasteiger partial charge in [0, 0.05) is 5.56 Å². The fourth-order valence-electron chi connectivity index (χ4n) is 4.39. The second-order valence-corrected chi connectivity index (χ2v) is 8.15. The lowest BCUT2D eigenvalue weighted by Crippen LogP contribution is -2.31. The van der Waals surface area contributed by atoms with Gasteiger partial charge in [-0.15, -0.1) is 0 Å². The van der Waals surface area contributed by atoms with Crippen LogP contribution in [0.4, 0.5) is 0 Å². The number of hydrogen-bond acceptors (Lipinski definition) is 10. The standard InChI is InChI=1S/C27H20O10/c1-32-24(28)14-10-13(11-15(12-14)25(29)33-2)17-8-9-19(35-17)20-21-22(37-23(20)27(31)34-3)16-6-4-5-7-18(16)36-26(21)30/h4-12,20,23H,1-3H3/t20-,23-/m0/s1. The van der Waals surface area contributed by atoms with Gasteiger partial charge in [-0.1, -0.05) is 12.1 Å². The molecule has 1 aliphatic rings. The van der Waals surface area contributed by atoms with Crippen molar-refractivity contribution in [3.05, 3.63) is 87.5 Å². The Morgan fingerprint density at radius 1 is 0.811 bits per heavy atom. The quantitative estimate of drug-likeness (QED) is 0.225. The zero-order chi connectivity index (χ0) is 26.3. The van der Waals surface area contributed by atoms with Crippen molar-refractivity contribution in [3.63, 3.8) is 0 Å². The smallest absolute Gasteiger partial charge is 0.348 e. The van der Waals surface area contributed by atoms with Gasteiger partial charge in [-0.2, -0.15) is 0 Å². The van der Waals surface area contributed by atoms with Crippen molar-refractivity contribution in [1.82, 2.24) is 0 Å². The molecule has 2 aromatic carbocycles. The molecule has 4 aromatic rings. The van der Waals surface area contributed by atoms with Crippen LogP contribution in [0.25, 0.3) is 22.3 Å². The van der Waals surface area contributed by atoms with Crippen LogP contribution in [0.15, 0.2) is 68.2 Å². The van der Waals surface area contributed by atoms with Crippen LogP contribution < -0.4 is 10.4 Å². The minimum atomic E-state index is -1.21. The highest BCUT2D eigenvalue weighted by atomic mass is 16.6. The SMILES string of the molecule is COC(=O)c1cc(C(=O)OC)cc(-c2ccc([C@H]3c4c(c5ccccc5oc4=O)O[C@@H]3C(=O)OC)o2)c1. The van der Waals surface area contributed by atoms with E-state index < -0.39 is 35.6 Å². The van der Waals surface area contributed by atoms with E-state index in [1.165, 1.54) is 39.5 Å². The molecular weight excluding hydrogens is 484 g/mol. The highest BCUT2D eigenvalue weighted by Crippen LogP contribution is 2.45. The van der Waals surface area contributed by atoms with Crippen LogP contribution in [0.1, 0.15) is 38.0 Å². The average molecular weight is 504 g/mol. The third-order valence-electron chi connectivity index (χ3n) is 6.08. The van der Waals surface area contributed by atoms with Crippen molar-refractivity contribution in [2.45, 2.75) is 12.0 Å². The van der Waals surface area contributed by atoms with Gasteiger partial charge in [0.05, 0.1) is 43.4 Å². The number of methoxy groups -OCH3 is 3. The third-order valence-corrected chi connectivity index (χ3v) is 6.08. The van der Waals surface area contributed by atoms with Crippen LogP contribution >= 0.6 is 0 Å². The van der Waals surface area contributed by atoms with Crippen LogP contribution in [0.2, 0.25) is 0 Å². The molecule has 5 rings (SSSR count). The lowest BCUT2D eigenvalue weighted by molar-refractivity contribution is -0.148. The summed E-state index contributed by atoms with van der Waals surface area (Å²) in [5.74, 6) is -2.31. The van der Waals surface area contributed by atoms with E-state index in [0.29, 0.717) is 16.5 Å². The highest BCUT2D eigenvalue weighted by molar-refractivity contribution is 5.97. The summed E-state index contributed by atoms with van der Waals surface area (Å²) in [6.07, 6.45) is -1.21. The fraction of sp³-hybridized carbons (Fsp3) is 0.185. The fourth-order valence-corrected chi connectivity index (χ4v) is 4.39. The zero-order valence-corrected chi connectivity index (χ0v) is 19.9. The summed E-state index contributed by atoms with van der Waals surface area (Å²) < 4.78 is 32.0. The summed E-state index contributed by atoms with van der Waals surface area (Å²) in [7, 11) is 3.65. The van der Waals surface area contributed by atoms with Crippen molar-refractivity contribution in [2.75, 3.05) is 21.3 Å². The predicted molar refractivity (Wildman–Crippen MR) is 128 cm³/mol. The molecule has 0 aliphatic carbocycles. The summed E-state index contributed by atoms with van der Waals surface area (Å²) in [5, 5.41) is 0.522. The van der Waals surface area contributed by atoms with Crippen molar-refractivity contribution in [2.24, 2.45) is 0 Å². The van der Waals surface area contributed by atoms with E-state index in [1.54, 1.807) is 36.4 Å². The van der Waals surface area contributed by atoms with Crippen LogP contribution in [-0.2, 0) is 19.0 Å². The maximum absolute atomic E-state index is 13.0. The Morgan fingerprint density at radius 3 is 2.14 bits per heavy atom. The number of carbonyl (C=O) groups excluding carboxylic acids is 3. The molecule has 188 valence electrons. The Labute approximate surface area is 209 Å². The molecule has 10 heteroatoms. The number of furan rings is 1. The van der Waals surface area contributed by atoms with Crippen molar-refractivity contribution in [3.8, 4) is 17.1 Å². The molecule has 0 N–H and O–H groups in total. The molecule has 0 unspecified atom stereocenters. The molecule has 2 atom stereocenters. The topological polar surface area (TPSA) is 131 Å².